The minimum Gasteiger partial charge on any atom is -0.338 e. The second-order valence-electron chi connectivity index (χ2n) is 6.42. The van der Waals surface area contributed by atoms with Gasteiger partial charge in [-0.15, -0.1) is 5.10 Å². The first-order valence-corrected chi connectivity index (χ1v) is 8.43. The summed E-state index contributed by atoms with van der Waals surface area (Å²) in [5.41, 5.74) is 5.61. The molecule has 0 aliphatic carbocycles. The lowest BCUT2D eigenvalue weighted by atomic mass is 10.0. The van der Waals surface area contributed by atoms with Gasteiger partial charge in [0.2, 0.25) is 5.95 Å². The lowest BCUT2D eigenvalue weighted by Gasteiger charge is -2.14. The van der Waals surface area contributed by atoms with Gasteiger partial charge in [-0.25, -0.2) is 0 Å². The average Bonchev–Trinajstić information content (AvgIpc) is 2.59. The molecule has 0 atom stereocenters. The highest BCUT2D eigenvalue weighted by Gasteiger charge is 2.09. The Labute approximate surface area is 148 Å². The van der Waals surface area contributed by atoms with Gasteiger partial charge in [-0.2, -0.15) is 10.1 Å². The van der Waals surface area contributed by atoms with Gasteiger partial charge in [0.1, 0.15) is 0 Å². The van der Waals surface area contributed by atoms with Crippen molar-refractivity contribution in [3.63, 3.8) is 0 Å². The molecule has 128 valence electrons. The first-order chi connectivity index (χ1) is 12.0. The summed E-state index contributed by atoms with van der Waals surface area (Å²) < 4.78 is 0. The third-order valence-electron chi connectivity index (χ3n) is 4.12. The van der Waals surface area contributed by atoms with Crippen molar-refractivity contribution in [3.05, 3.63) is 65.4 Å². The summed E-state index contributed by atoms with van der Waals surface area (Å²) in [6, 6.07) is 14.4. The molecule has 3 aromatic rings. The Morgan fingerprint density at radius 3 is 2.32 bits per heavy atom. The number of para-hydroxylation sites is 2. The number of nitrogens with one attached hydrogen (secondary N) is 2. The van der Waals surface area contributed by atoms with Crippen molar-refractivity contribution < 1.29 is 0 Å². The molecule has 0 aliphatic heterocycles. The molecule has 0 saturated carbocycles. The van der Waals surface area contributed by atoms with E-state index in [2.05, 4.69) is 71.7 Å². The number of aryl methyl sites for hydroxylation is 2. The van der Waals surface area contributed by atoms with E-state index in [-0.39, 0.29) is 0 Å². The van der Waals surface area contributed by atoms with Gasteiger partial charge in [-0.05, 0) is 42.5 Å². The molecule has 0 radical (unpaired) electrons. The van der Waals surface area contributed by atoms with Crippen LogP contribution in [0.4, 0.5) is 23.1 Å². The Bertz CT molecular complexity index is 853. The summed E-state index contributed by atoms with van der Waals surface area (Å²) in [5.74, 6) is 1.55. The molecular weight excluding hydrogens is 310 g/mol. The maximum absolute atomic E-state index is 4.55. The van der Waals surface area contributed by atoms with Crippen LogP contribution in [0.25, 0.3) is 0 Å². The Balaban J connectivity index is 1.85. The molecule has 1 aromatic heterocycles. The van der Waals surface area contributed by atoms with Gasteiger partial charge < -0.3 is 10.6 Å². The Morgan fingerprint density at radius 1 is 0.880 bits per heavy atom. The normalized spacial score (nSPS) is 10.8. The highest BCUT2D eigenvalue weighted by Crippen LogP contribution is 2.27. The summed E-state index contributed by atoms with van der Waals surface area (Å²) in [5, 5.41) is 14.8. The Kier molecular flexibility index (Phi) is 4.93. The quantitative estimate of drug-likeness (QED) is 0.680. The van der Waals surface area contributed by atoms with E-state index in [1.807, 2.05) is 24.3 Å². The van der Waals surface area contributed by atoms with Crippen LogP contribution in [0.1, 0.15) is 36.5 Å². The molecule has 0 fully saturated rings. The highest BCUT2D eigenvalue weighted by molar-refractivity contribution is 5.65. The number of hydrogen-bond donors (Lipinski definition) is 2. The number of hydrogen-bond acceptors (Lipinski definition) is 5. The van der Waals surface area contributed by atoms with Gasteiger partial charge in [0, 0.05) is 11.4 Å². The number of benzene rings is 2. The molecule has 5 nitrogen and oxygen atoms in total. The zero-order chi connectivity index (χ0) is 17.8. The van der Waals surface area contributed by atoms with Crippen molar-refractivity contribution in [1.29, 1.82) is 0 Å². The van der Waals surface area contributed by atoms with Gasteiger partial charge >= 0.3 is 0 Å². The molecule has 5 heteroatoms. The fourth-order valence-electron chi connectivity index (χ4n) is 2.79. The molecule has 1 heterocycles. The zero-order valence-corrected chi connectivity index (χ0v) is 15.0. The van der Waals surface area contributed by atoms with Crippen LogP contribution in [0, 0.1) is 13.8 Å². The van der Waals surface area contributed by atoms with Crippen molar-refractivity contribution in [2.45, 2.75) is 33.6 Å². The molecule has 0 unspecified atom stereocenters. The van der Waals surface area contributed by atoms with Crippen LogP contribution in [0.3, 0.4) is 0 Å². The van der Waals surface area contributed by atoms with Gasteiger partial charge in [0.25, 0.3) is 0 Å². The van der Waals surface area contributed by atoms with E-state index < -0.39 is 0 Å². The predicted molar refractivity (Wildman–Crippen MR) is 103 cm³/mol. The molecule has 3 rings (SSSR count). The van der Waals surface area contributed by atoms with Crippen LogP contribution in [-0.2, 0) is 0 Å². The van der Waals surface area contributed by atoms with Crippen LogP contribution < -0.4 is 10.6 Å². The third kappa shape index (κ3) is 3.94. The van der Waals surface area contributed by atoms with E-state index in [0.717, 1.165) is 11.4 Å². The third-order valence-corrected chi connectivity index (χ3v) is 4.12. The fourth-order valence-corrected chi connectivity index (χ4v) is 2.79. The summed E-state index contributed by atoms with van der Waals surface area (Å²) in [6.45, 7) is 8.47. The lowest BCUT2D eigenvalue weighted by Crippen LogP contribution is -2.05. The summed E-state index contributed by atoms with van der Waals surface area (Å²) in [6.07, 6.45) is 1.63. The van der Waals surface area contributed by atoms with E-state index in [9.17, 15) is 0 Å². The second-order valence-corrected chi connectivity index (χ2v) is 6.42. The Hall–Kier alpha value is -2.95. The van der Waals surface area contributed by atoms with Crippen LogP contribution in [-0.4, -0.2) is 15.2 Å². The van der Waals surface area contributed by atoms with E-state index in [0.29, 0.717) is 17.7 Å². The molecular formula is C20H23N5. The van der Waals surface area contributed by atoms with E-state index in [4.69, 9.17) is 0 Å². The first-order valence-electron chi connectivity index (χ1n) is 8.43. The maximum atomic E-state index is 4.55. The van der Waals surface area contributed by atoms with Crippen molar-refractivity contribution in [3.8, 4) is 0 Å². The molecule has 0 aliphatic rings. The number of rotatable bonds is 5. The minimum atomic E-state index is 0.410. The van der Waals surface area contributed by atoms with Crippen LogP contribution in [0.5, 0.6) is 0 Å². The predicted octanol–water partition coefficient (Wildman–Crippen LogP) is 5.10. The number of aromatic nitrogens is 3. The summed E-state index contributed by atoms with van der Waals surface area (Å²) >= 11 is 0. The summed E-state index contributed by atoms with van der Waals surface area (Å²) in [4.78, 5) is 4.55. The van der Waals surface area contributed by atoms with Crippen LogP contribution in [0.2, 0.25) is 0 Å². The zero-order valence-electron chi connectivity index (χ0n) is 15.0. The van der Waals surface area contributed by atoms with E-state index >= 15 is 0 Å². The number of nitrogens with zero attached hydrogens (tertiary/aromatic N) is 3. The van der Waals surface area contributed by atoms with Gasteiger partial charge in [-0.1, -0.05) is 50.2 Å². The standard InChI is InChI=1S/C20H23N5/c1-13(2)16-10-5-6-11-17(16)22-20-24-18(12-21-25-20)23-19-14(3)8-7-9-15(19)4/h5-13H,1-4H3,(H2,22,23,24,25). The molecule has 0 spiro atoms. The van der Waals surface area contributed by atoms with Crippen molar-refractivity contribution >= 4 is 23.1 Å². The SMILES string of the molecule is Cc1cccc(C)c1Nc1cnnc(Nc2ccccc2C(C)C)n1. The molecule has 2 N–H and O–H groups in total. The molecule has 0 saturated heterocycles. The first kappa shape index (κ1) is 16.9. The second kappa shape index (κ2) is 7.30. The smallest absolute Gasteiger partial charge is 0.249 e. The topological polar surface area (TPSA) is 62.7 Å². The molecule has 25 heavy (non-hydrogen) atoms. The van der Waals surface area contributed by atoms with Gasteiger partial charge in [0.15, 0.2) is 5.82 Å². The molecule has 0 bridgehead atoms. The largest absolute Gasteiger partial charge is 0.338 e. The average molecular weight is 333 g/mol. The van der Waals surface area contributed by atoms with Crippen LogP contribution in [0.15, 0.2) is 48.7 Å². The van der Waals surface area contributed by atoms with Crippen molar-refractivity contribution in [2.24, 2.45) is 0 Å². The van der Waals surface area contributed by atoms with Crippen molar-refractivity contribution in [2.75, 3.05) is 10.6 Å². The highest BCUT2D eigenvalue weighted by atomic mass is 15.3. The lowest BCUT2D eigenvalue weighted by molar-refractivity contribution is 0.867. The molecule has 0 amide bonds. The van der Waals surface area contributed by atoms with E-state index in [1.165, 1.54) is 16.7 Å². The van der Waals surface area contributed by atoms with Crippen LogP contribution >= 0.6 is 0 Å². The monoisotopic (exact) mass is 333 g/mol. The van der Waals surface area contributed by atoms with Crippen molar-refractivity contribution in [1.82, 2.24) is 15.2 Å². The Morgan fingerprint density at radius 2 is 1.60 bits per heavy atom. The summed E-state index contributed by atoms with van der Waals surface area (Å²) in [7, 11) is 0. The minimum absolute atomic E-state index is 0.410. The number of anilines is 4. The molecule has 2 aromatic carbocycles. The van der Waals surface area contributed by atoms with Gasteiger partial charge in [-0.3, -0.25) is 0 Å². The maximum Gasteiger partial charge on any atom is 0.249 e. The van der Waals surface area contributed by atoms with E-state index in [1.54, 1.807) is 6.20 Å². The van der Waals surface area contributed by atoms with Gasteiger partial charge in [0.05, 0.1) is 6.20 Å². The fraction of sp³-hybridized carbons (Fsp3) is 0.250.